The zero-order valence-electron chi connectivity index (χ0n) is 20.3. The van der Waals surface area contributed by atoms with Gasteiger partial charge in [-0.25, -0.2) is 22.3 Å². The van der Waals surface area contributed by atoms with Gasteiger partial charge in [0.1, 0.15) is 0 Å². The first kappa shape index (κ1) is 26.8. The molecule has 2 N–H and O–H groups in total. The Morgan fingerprint density at radius 1 is 0.943 bits per heavy atom. The van der Waals surface area contributed by atoms with Crippen molar-refractivity contribution >= 4 is 22.0 Å². The SMILES string of the molecule is COC(=O)c1cc(C(=O)OC)cc(S(=O)(=O)N(C)CCCCCC2CC(c3ccccc3)NN2)c1. The van der Waals surface area contributed by atoms with E-state index in [-0.39, 0.29) is 16.0 Å². The van der Waals surface area contributed by atoms with Crippen LogP contribution in [0.4, 0.5) is 0 Å². The molecule has 1 aliphatic heterocycles. The Morgan fingerprint density at radius 2 is 1.57 bits per heavy atom. The Kier molecular flexibility index (Phi) is 9.39. The summed E-state index contributed by atoms with van der Waals surface area (Å²) < 4.78 is 36.8. The van der Waals surface area contributed by atoms with Gasteiger partial charge in [-0.15, -0.1) is 0 Å². The van der Waals surface area contributed by atoms with Crippen molar-refractivity contribution in [2.45, 2.75) is 49.1 Å². The van der Waals surface area contributed by atoms with E-state index in [2.05, 4.69) is 32.5 Å². The van der Waals surface area contributed by atoms with E-state index in [9.17, 15) is 18.0 Å². The van der Waals surface area contributed by atoms with Crippen LogP contribution in [-0.4, -0.2) is 58.5 Å². The maximum absolute atomic E-state index is 13.1. The highest BCUT2D eigenvalue weighted by molar-refractivity contribution is 7.89. The van der Waals surface area contributed by atoms with Crippen LogP contribution in [-0.2, 0) is 19.5 Å². The van der Waals surface area contributed by atoms with Gasteiger partial charge in [0.25, 0.3) is 0 Å². The second-order valence-corrected chi connectivity index (χ2v) is 10.6. The first-order chi connectivity index (χ1) is 16.8. The molecule has 35 heavy (non-hydrogen) atoms. The smallest absolute Gasteiger partial charge is 0.337 e. The van der Waals surface area contributed by atoms with Crippen LogP contribution >= 0.6 is 0 Å². The number of esters is 2. The number of nitrogens with zero attached hydrogens (tertiary/aromatic N) is 1. The molecule has 10 heteroatoms. The predicted molar refractivity (Wildman–Crippen MR) is 131 cm³/mol. The fraction of sp³-hybridized carbons (Fsp3) is 0.440. The van der Waals surface area contributed by atoms with Crippen molar-refractivity contribution in [3.05, 3.63) is 65.2 Å². The molecule has 190 valence electrons. The molecule has 0 aliphatic carbocycles. The number of methoxy groups -OCH3 is 2. The van der Waals surface area contributed by atoms with E-state index < -0.39 is 22.0 Å². The van der Waals surface area contributed by atoms with Crippen molar-refractivity contribution < 1.29 is 27.5 Å². The Labute approximate surface area is 206 Å². The van der Waals surface area contributed by atoms with Gasteiger partial charge < -0.3 is 9.47 Å². The third-order valence-electron chi connectivity index (χ3n) is 6.17. The molecular formula is C25H33N3O6S. The number of sulfonamides is 1. The molecule has 0 saturated carbocycles. The molecule has 0 aromatic heterocycles. The lowest BCUT2D eigenvalue weighted by atomic mass is 9.99. The average molecular weight is 504 g/mol. The second kappa shape index (κ2) is 12.3. The van der Waals surface area contributed by atoms with E-state index in [1.807, 2.05) is 18.2 Å². The van der Waals surface area contributed by atoms with Crippen LogP contribution in [0.25, 0.3) is 0 Å². The fourth-order valence-electron chi connectivity index (χ4n) is 4.14. The number of carbonyl (C=O) groups excluding carboxylic acids is 2. The lowest BCUT2D eigenvalue weighted by Crippen LogP contribution is -2.31. The number of rotatable bonds is 11. The van der Waals surface area contributed by atoms with Crippen LogP contribution in [0.3, 0.4) is 0 Å². The maximum atomic E-state index is 13.1. The molecule has 2 unspecified atom stereocenters. The fourth-order valence-corrected chi connectivity index (χ4v) is 5.42. The summed E-state index contributed by atoms with van der Waals surface area (Å²) in [6.07, 6.45) is 4.55. The van der Waals surface area contributed by atoms with Gasteiger partial charge in [0, 0.05) is 25.7 Å². The molecule has 0 radical (unpaired) electrons. The van der Waals surface area contributed by atoms with Gasteiger partial charge in [-0.05, 0) is 43.0 Å². The van der Waals surface area contributed by atoms with Crippen molar-refractivity contribution in [1.29, 1.82) is 0 Å². The van der Waals surface area contributed by atoms with Crippen molar-refractivity contribution in [1.82, 2.24) is 15.2 Å². The summed E-state index contributed by atoms with van der Waals surface area (Å²) in [6.45, 7) is 0.321. The Morgan fingerprint density at radius 3 is 2.17 bits per heavy atom. The number of hydrogen-bond donors (Lipinski definition) is 2. The van der Waals surface area contributed by atoms with E-state index in [0.29, 0.717) is 25.0 Å². The molecule has 3 rings (SSSR count). The Bertz CT molecular complexity index is 1090. The first-order valence-corrected chi connectivity index (χ1v) is 13.0. The van der Waals surface area contributed by atoms with Gasteiger partial charge in [-0.1, -0.05) is 43.2 Å². The zero-order valence-corrected chi connectivity index (χ0v) is 21.1. The van der Waals surface area contributed by atoms with Crippen LogP contribution in [0.2, 0.25) is 0 Å². The van der Waals surface area contributed by atoms with Crippen LogP contribution in [0.5, 0.6) is 0 Å². The van der Waals surface area contributed by atoms with Crippen LogP contribution < -0.4 is 10.9 Å². The van der Waals surface area contributed by atoms with Crippen molar-refractivity contribution in [2.75, 3.05) is 27.8 Å². The molecule has 2 aromatic carbocycles. The summed E-state index contributed by atoms with van der Waals surface area (Å²) in [4.78, 5) is 23.8. The van der Waals surface area contributed by atoms with Gasteiger partial charge in [0.2, 0.25) is 10.0 Å². The maximum Gasteiger partial charge on any atom is 0.337 e. The van der Waals surface area contributed by atoms with Gasteiger partial charge in [-0.2, -0.15) is 0 Å². The lowest BCUT2D eigenvalue weighted by molar-refractivity contribution is 0.0598. The number of ether oxygens (including phenoxy) is 2. The highest BCUT2D eigenvalue weighted by atomic mass is 32.2. The third kappa shape index (κ3) is 6.88. The van der Waals surface area contributed by atoms with Crippen LogP contribution in [0.15, 0.2) is 53.4 Å². The van der Waals surface area contributed by atoms with E-state index in [1.165, 1.54) is 49.3 Å². The zero-order chi connectivity index (χ0) is 25.4. The van der Waals surface area contributed by atoms with Gasteiger partial charge in [0.05, 0.1) is 30.2 Å². The second-order valence-electron chi connectivity index (χ2n) is 8.59. The molecule has 1 saturated heterocycles. The lowest BCUT2D eigenvalue weighted by Gasteiger charge is -2.18. The summed E-state index contributed by atoms with van der Waals surface area (Å²) in [5.74, 6) is -1.47. The summed E-state index contributed by atoms with van der Waals surface area (Å²) in [7, 11) is -0.0480. The minimum Gasteiger partial charge on any atom is -0.465 e. The molecule has 9 nitrogen and oxygen atoms in total. The molecule has 2 aromatic rings. The number of benzene rings is 2. The van der Waals surface area contributed by atoms with Gasteiger partial charge in [0.15, 0.2) is 0 Å². The van der Waals surface area contributed by atoms with Crippen LogP contribution in [0.1, 0.15) is 64.4 Å². The summed E-state index contributed by atoms with van der Waals surface area (Å²) in [5.41, 5.74) is 7.91. The topological polar surface area (TPSA) is 114 Å². The van der Waals surface area contributed by atoms with Crippen molar-refractivity contribution in [2.24, 2.45) is 0 Å². The highest BCUT2D eigenvalue weighted by Crippen LogP contribution is 2.25. The summed E-state index contributed by atoms with van der Waals surface area (Å²) in [6, 6.07) is 14.7. The third-order valence-corrected chi connectivity index (χ3v) is 8.00. The number of carbonyl (C=O) groups is 2. The number of unbranched alkanes of at least 4 members (excludes halogenated alkanes) is 2. The average Bonchev–Trinajstić information content (AvgIpc) is 3.36. The number of nitrogens with one attached hydrogen (secondary N) is 2. The molecule has 1 aliphatic rings. The van der Waals surface area contributed by atoms with Crippen LogP contribution in [0, 0.1) is 0 Å². The summed E-state index contributed by atoms with van der Waals surface area (Å²) in [5, 5.41) is 0. The molecule has 0 amide bonds. The molecule has 0 bridgehead atoms. The summed E-state index contributed by atoms with van der Waals surface area (Å²) >= 11 is 0. The molecule has 1 heterocycles. The quantitative estimate of drug-likeness (QED) is 0.355. The monoisotopic (exact) mass is 503 g/mol. The normalized spacial score (nSPS) is 17.9. The van der Waals surface area contributed by atoms with Crippen molar-refractivity contribution in [3.63, 3.8) is 0 Å². The number of hydrazine groups is 1. The standard InChI is InChI=1S/C25H33N3O6S/c1-28(13-9-5-8-12-21-17-23(27-26-21)18-10-6-4-7-11-18)35(31,32)22-15-19(24(29)33-2)14-20(16-22)25(30)34-3/h4,6-7,10-11,14-16,21,23,26-27H,5,8-9,12-13,17H2,1-3H3. The van der Waals surface area contributed by atoms with Gasteiger partial charge >= 0.3 is 11.9 Å². The van der Waals surface area contributed by atoms with E-state index in [0.717, 1.165) is 25.7 Å². The molecule has 1 fully saturated rings. The number of hydrogen-bond acceptors (Lipinski definition) is 8. The minimum atomic E-state index is -3.91. The first-order valence-electron chi connectivity index (χ1n) is 11.6. The predicted octanol–water partition coefficient (Wildman–Crippen LogP) is 3.05. The van der Waals surface area contributed by atoms with E-state index in [1.54, 1.807) is 0 Å². The highest BCUT2D eigenvalue weighted by Gasteiger charge is 2.26. The Hall–Kier alpha value is -2.79. The van der Waals surface area contributed by atoms with Gasteiger partial charge in [-0.3, -0.25) is 10.9 Å². The minimum absolute atomic E-state index is 0.0335. The molecular weight excluding hydrogens is 470 g/mol. The largest absolute Gasteiger partial charge is 0.465 e. The van der Waals surface area contributed by atoms with E-state index >= 15 is 0 Å². The molecule has 2 atom stereocenters. The van der Waals surface area contributed by atoms with Crippen molar-refractivity contribution in [3.8, 4) is 0 Å². The Balaban J connectivity index is 1.52. The van der Waals surface area contributed by atoms with E-state index in [4.69, 9.17) is 0 Å². The molecule has 0 spiro atoms.